The normalized spacial score (nSPS) is 15.0. The van der Waals surface area contributed by atoms with E-state index in [4.69, 9.17) is 9.47 Å². The van der Waals surface area contributed by atoms with Crippen molar-refractivity contribution in [1.82, 2.24) is 15.6 Å². The first kappa shape index (κ1) is 22.1. The minimum atomic E-state index is 0.472. The van der Waals surface area contributed by atoms with Gasteiger partial charge in [-0.3, -0.25) is 9.98 Å². The summed E-state index contributed by atoms with van der Waals surface area (Å²) in [6, 6.07) is 13.9. The number of rotatable bonds is 10. The van der Waals surface area contributed by atoms with Crippen molar-refractivity contribution in [1.29, 1.82) is 0 Å². The zero-order valence-electron chi connectivity index (χ0n) is 18.0. The summed E-state index contributed by atoms with van der Waals surface area (Å²) in [6.07, 6.45) is 9.69. The molecular formula is C24H34N4O2. The second kappa shape index (κ2) is 12.9. The molecule has 162 valence electrons. The predicted molar refractivity (Wildman–Crippen MR) is 121 cm³/mol. The van der Waals surface area contributed by atoms with Crippen molar-refractivity contribution >= 4 is 5.96 Å². The smallest absolute Gasteiger partial charge is 0.191 e. The molecule has 1 saturated carbocycles. The lowest BCUT2D eigenvalue weighted by atomic mass is 9.98. The summed E-state index contributed by atoms with van der Waals surface area (Å²) >= 11 is 0. The fourth-order valence-electron chi connectivity index (χ4n) is 3.51. The fraction of sp³-hybridized carbons (Fsp3) is 0.500. The van der Waals surface area contributed by atoms with Gasteiger partial charge in [0.2, 0.25) is 0 Å². The van der Waals surface area contributed by atoms with Gasteiger partial charge in [0.1, 0.15) is 12.4 Å². The van der Waals surface area contributed by atoms with Crippen LogP contribution < -0.4 is 15.4 Å². The molecule has 0 unspecified atom stereocenters. The quantitative estimate of drug-likeness (QED) is 0.351. The Hall–Kier alpha value is -2.60. The first-order valence-corrected chi connectivity index (χ1v) is 11.0. The van der Waals surface area contributed by atoms with Gasteiger partial charge >= 0.3 is 0 Å². The molecule has 0 radical (unpaired) electrons. The van der Waals surface area contributed by atoms with E-state index in [0.717, 1.165) is 37.0 Å². The zero-order chi connectivity index (χ0) is 20.9. The Morgan fingerprint density at radius 3 is 2.63 bits per heavy atom. The van der Waals surface area contributed by atoms with Gasteiger partial charge in [0.05, 0.1) is 11.8 Å². The van der Waals surface area contributed by atoms with E-state index in [9.17, 15) is 0 Å². The van der Waals surface area contributed by atoms with E-state index in [0.29, 0.717) is 19.3 Å². The zero-order valence-corrected chi connectivity index (χ0v) is 18.0. The van der Waals surface area contributed by atoms with Gasteiger partial charge in [-0.25, -0.2) is 0 Å². The highest BCUT2D eigenvalue weighted by Crippen LogP contribution is 2.20. The third-order valence-corrected chi connectivity index (χ3v) is 5.24. The SMILES string of the molecule is CN=C(NCCCOC1CCCCC1)NCc1ccc(OCc2ccccn2)cc1. The topological polar surface area (TPSA) is 67.8 Å². The van der Waals surface area contributed by atoms with Crippen LogP contribution in [0, 0.1) is 0 Å². The number of guanidine groups is 1. The number of benzene rings is 1. The van der Waals surface area contributed by atoms with E-state index in [2.05, 4.69) is 32.7 Å². The highest BCUT2D eigenvalue weighted by Gasteiger charge is 2.12. The number of pyridine rings is 1. The van der Waals surface area contributed by atoms with E-state index in [1.165, 1.54) is 37.7 Å². The van der Waals surface area contributed by atoms with Crippen molar-refractivity contribution in [2.45, 2.75) is 57.8 Å². The molecule has 1 fully saturated rings. The Balaban J connectivity index is 1.30. The molecule has 30 heavy (non-hydrogen) atoms. The molecule has 1 heterocycles. The molecule has 0 spiro atoms. The van der Waals surface area contributed by atoms with Crippen LogP contribution in [-0.4, -0.2) is 37.2 Å². The molecule has 1 aliphatic carbocycles. The average Bonchev–Trinajstić information content (AvgIpc) is 2.81. The second-order valence-electron chi connectivity index (χ2n) is 7.59. The van der Waals surface area contributed by atoms with Gasteiger partial charge in [-0.05, 0) is 49.1 Å². The number of aliphatic imine (C=N–C) groups is 1. The first-order chi connectivity index (χ1) is 14.8. The van der Waals surface area contributed by atoms with Gasteiger partial charge < -0.3 is 20.1 Å². The van der Waals surface area contributed by atoms with Crippen molar-refractivity contribution in [3.63, 3.8) is 0 Å². The molecule has 1 aromatic carbocycles. The van der Waals surface area contributed by atoms with Crippen LogP contribution >= 0.6 is 0 Å². The van der Waals surface area contributed by atoms with Gasteiger partial charge in [-0.1, -0.05) is 37.5 Å². The summed E-state index contributed by atoms with van der Waals surface area (Å²) in [5.74, 6) is 1.65. The molecule has 1 aliphatic rings. The van der Waals surface area contributed by atoms with Gasteiger partial charge in [0.25, 0.3) is 0 Å². The summed E-state index contributed by atoms with van der Waals surface area (Å²) in [5, 5.41) is 6.71. The van der Waals surface area contributed by atoms with E-state index in [1.807, 2.05) is 30.3 Å². The lowest BCUT2D eigenvalue weighted by Crippen LogP contribution is -2.37. The van der Waals surface area contributed by atoms with E-state index in [1.54, 1.807) is 13.2 Å². The minimum absolute atomic E-state index is 0.472. The van der Waals surface area contributed by atoms with Gasteiger partial charge in [-0.15, -0.1) is 0 Å². The monoisotopic (exact) mass is 410 g/mol. The average molecular weight is 411 g/mol. The molecule has 6 nitrogen and oxygen atoms in total. The number of hydrogen-bond acceptors (Lipinski definition) is 4. The molecule has 0 saturated heterocycles. The van der Waals surface area contributed by atoms with Crippen LogP contribution in [0.5, 0.6) is 5.75 Å². The lowest BCUT2D eigenvalue weighted by molar-refractivity contribution is 0.0277. The molecule has 0 amide bonds. The Kier molecular flexibility index (Phi) is 9.47. The summed E-state index contributed by atoms with van der Waals surface area (Å²) < 4.78 is 11.8. The van der Waals surface area contributed by atoms with E-state index in [-0.39, 0.29) is 0 Å². The maximum atomic E-state index is 5.97. The van der Waals surface area contributed by atoms with Crippen LogP contribution in [-0.2, 0) is 17.9 Å². The summed E-state index contributed by atoms with van der Waals surface area (Å²) in [7, 11) is 1.79. The van der Waals surface area contributed by atoms with Crippen molar-refractivity contribution in [3.8, 4) is 5.75 Å². The number of nitrogens with one attached hydrogen (secondary N) is 2. The fourth-order valence-corrected chi connectivity index (χ4v) is 3.51. The lowest BCUT2D eigenvalue weighted by Gasteiger charge is -2.22. The highest BCUT2D eigenvalue weighted by molar-refractivity contribution is 5.79. The van der Waals surface area contributed by atoms with Crippen molar-refractivity contribution in [3.05, 3.63) is 59.9 Å². The maximum absolute atomic E-state index is 5.97. The van der Waals surface area contributed by atoms with Crippen LogP contribution in [0.2, 0.25) is 0 Å². The van der Waals surface area contributed by atoms with Crippen molar-refractivity contribution in [2.75, 3.05) is 20.2 Å². The third kappa shape index (κ3) is 8.03. The van der Waals surface area contributed by atoms with Crippen molar-refractivity contribution < 1.29 is 9.47 Å². The molecule has 6 heteroatoms. The number of nitrogens with zero attached hydrogens (tertiary/aromatic N) is 2. The molecule has 0 atom stereocenters. The highest BCUT2D eigenvalue weighted by atomic mass is 16.5. The van der Waals surface area contributed by atoms with Gasteiger partial charge in [0.15, 0.2) is 5.96 Å². The third-order valence-electron chi connectivity index (χ3n) is 5.24. The molecule has 1 aromatic heterocycles. The predicted octanol–water partition coefficient (Wildman–Crippen LogP) is 4.07. The number of aromatic nitrogens is 1. The van der Waals surface area contributed by atoms with E-state index >= 15 is 0 Å². The second-order valence-corrected chi connectivity index (χ2v) is 7.59. The summed E-state index contributed by atoms with van der Waals surface area (Å²) in [4.78, 5) is 8.56. The van der Waals surface area contributed by atoms with Crippen LogP contribution in [0.25, 0.3) is 0 Å². The van der Waals surface area contributed by atoms with Crippen LogP contribution in [0.1, 0.15) is 49.8 Å². The van der Waals surface area contributed by atoms with Crippen molar-refractivity contribution in [2.24, 2.45) is 4.99 Å². The molecule has 0 bridgehead atoms. The Morgan fingerprint density at radius 2 is 1.90 bits per heavy atom. The number of ether oxygens (including phenoxy) is 2. The van der Waals surface area contributed by atoms with Crippen LogP contribution in [0.15, 0.2) is 53.7 Å². The molecule has 2 aromatic rings. The first-order valence-electron chi connectivity index (χ1n) is 11.0. The van der Waals surface area contributed by atoms with E-state index < -0.39 is 0 Å². The molecular weight excluding hydrogens is 376 g/mol. The Labute approximate surface area is 180 Å². The maximum Gasteiger partial charge on any atom is 0.191 e. The van der Waals surface area contributed by atoms with Crippen LogP contribution in [0.4, 0.5) is 0 Å². The molecule has 3 rings (SSSR count). The number of hydrogen-bond donors (Lipinski definition) is 2. The minimum Gasteiger partial charge on any atom is -0.487 e. The Morgan fingerprint density at radius 1 is 1.07 bits per heavy atom. The van der Waals surface area contributed by atoms with Gasteiger partial charge in [-0.2, -0.15) is 0 Å². The van der Waals surface area contributed by atoms with Crippen LogP contribution in [0.3, 0.4) is 0 Å². The standard InChI is InChI=1S/C24H34N4O2/c1-25-24(27-16-7-17-29-22-9-3-2-4-10-22)28-18-20-11-13-23(14-12-20)30-19-21-8-5-6-15-26-21/h5-6,8,11-15,22H,2-4,7,9-10,16-19H2,1H3,(H2,25,27,28). The molecule has 0 aliphatic heterocycles. The molecule has 2 N–H and O–H groups in total. The van der Waals surface area contributed by atoms with Gasteiger partial charge in [0, 0.05) is 32.9 Å². The summed E-state index contributed by atoms with van der Waals surface area (Å²) in [6.45, 7) is 2.85. The summed E-state index contributed by atoms with van der Waals surface area (Å²) in [5.41, 5.74) is 2.09. The largest absolute Gasteiger partial charge is 0.487 e. The Bertz CT molecular complexity index is 744.